The zero-order valence-corrected chi connectivity index (χ0v) is 20.1. The highest BCUT2D eigenvalue weighted by Crippen LogP contribution is 2.39. The van der Waals surface area contributed by atoms with E-state index < -0.39 is 22.1 Å². The Balaban J connectivity index is 2.13. The molecule has 0 atom stereocenters. The van der Waals surface area contributed by atoms with Crippen LogP contribution in [0.25, 0.3) is 10.9 Å². The van der Waals surface area contributed by atoms with Gasteiger partial charge in [-0.2, -0.15) is 0 Å². The average molecular weight is 467 g/mol. The van der Waals surface area contributed by atoms with Crippen molar-refractivity contribution in [2.45, 2.75) is 52.2 Å². The number of hydrazine groups is 1. The smallest absolute Gasteiger partial charge is 0.405 e. The lowest BCUT2D eigenvalue weighted by Crippen LogP contribution is -2.46. The van der Waals surface area contributed by atoms with Gasteiger partial charge in [-0.3, -0.25) is 4.98 Å². The number of primary amides is 1. The summed E-state index contributed by atoms with van der Waals surface area (Å²) >= 11 is 0. The highest BCUT2D eigenvalue weighted by atomic mass is 16.7. The molecule has 0 saturated heterocycles. The molecule has 0 aliphatic carbocycles. The van der Waals surface area contributed by atoms with Crippen LogP contribution in [0.1, 0.15) is 45.7 Å². The van der Waals surface area contributed by atoms with E-state index in [0.717, 1.165) is 10.6 Å². The van der Waals surface area contributed by atoms with Crippen molar-refractivity contribution in [3.8, 4) is 5.75 Å². The molecule has 0 spiro atoms. The van der Waals surface area contributed by atoms with E-state index in [1.54, 1.807) is 38.2 Å². The van der Waals surface area contributed by atoms with Crippen molar-refractivity contribution in [3.05, 3.63) is 76.0 Å². The fraction of sp³-hybridized carbons (Fsp3) is 0.360. The normalized spacial score (nSPS) is 11.8. The van der Waals surface area contributed by atoms with Gasteiger partial charge >= 0.3 is 6.09 Å². The van der Waals surface area contributed by atoms with Crippen LogP contribution in [0.4, 0.5) is 10.5 Å². The van der Waals surface area contributed by atoms with Gasteiger partial charge in [0.1, 0.15) is 30.2 Å². The molecule has 3 aromatic rings. The van der Waals surface area contributed by atoms with Crippen molar-refractivity contribution in [2.75, 3.05) is 11.6 Å². The summed E-state index contributed by atoms with van der Waals surface area (Å²) in [5.41, 5.74) is 6.13. The number of fused-ring (bicyclic) bond motifs is 1. The molecule has 0 fully saturated rings. The third-order valence-corrected chi connectivity index (χ3v) is 5.23. The maximum atomic E-state index is 12.3. The molecule has 0 saturated carbocycles. The fourth-order valence-corrected chi connectivity index (χ4v) is 3.70. The second-order valence-electron chi connectivity index (χ2n) is 9.70. The molecule has 0 bridgehead atoms. The summed E-state index contributed by atoms with van der Waals surface area (Å²) in [5.74, 6) is 0.557. The summed E-state index contributed by atoms with van der Waals surface area (Å²) in [6.45, 7) is 9.15. The summed E-state index contributed by atoms with van der Waals surface area (Å²) in [6, 6.07) is 15.0. The molecular weight excluding hydrogens is 436 g/mol. The Kier molecular flexibility index (Phi) is 6.95. The summed E-state index contributed by atoms with van der Waals surface area (Å²) in [6.07, 6.45) is 0.654. The van der Waals surface area contributed by atoms with Gasteiger partial charge < -0.3 is 15.2 Å². The van der Waals surface area contributed by atoms with Crippen LogP contribution in [-0.2, 0) is 16.8 Å². The van der Waals surface area contributed by atoms with Gasteiger partial charge in [0.05, 0.1) is 5.52 Å². The third kappa shape index (κ3) is 5.92. The number of nitrogens with zero attached hydrogens (tertiary/aromatic N) is 3. The maximum Gasteiger partial charge on any atom is 0.405 e. The van der Waals surface area contributed by atoms with Gasteiger partial charge in [0, 0.05) is 17.1 Å². The molecule has 2 aromatic carbocycles. The Labute approximate surface area is 198 Å². The minimum Gasteiger partial charge on any atom is -0.489 e. The molecule has 0 aliphatic rings. The van der Waals surface area contributed by atoms with Crippen molar-refractivity contribution in [1.82, 2.24) is 4.98 Å². The van der Waals surface area contributed by atoms with Crippen molar-refractivity contribution < 1.29 is 19.3 Å². The van der Waals surface area contributed by atoms with Crippen molar-refractivity contribution in [2.24, 2.45) is 5.73 Å². The lowest BCUT2D eigenvalue weighted by atomic mass is 9.85. The molecule has 2 N–H and O–H groups in total. The molecule has 180 valence electrons. The molecule has 1 heterocycles. The summed E-state index contributed by atoms with van der Waals surface area (Å²) < 4.78 is 11.1. The van der Waals surface area contributed by atoms with Crippen molar-refractivity contribution in [1.29, 1.82) is 0 Å². The van der Waals surface area contributed by atoms with Crippen molar-refractivity contribution >= 4 is 22.7 Å². The summed E-state index contributed by atoms with van der Waals surface area (Å²) in [5, 5.41) is 13.3. The molecule has 1 aromatic heterocycles. The Morgan fingerprint density at radius 1 is 1.12 bits per heavy atom. The number of hydrogen-bond donors (Lipinski definition) is 1. The summed E-state index contributed by atoms with van der Waals surface area (Å²) in [4.78, 5) is 28.2. The predicted molar refractivity (Wildman–Crippen MR) is 130 cm³/mol. The van der Waals surface area contributed by atoms with Crippen LogP contribution in [-0.4, -0.2) is 28.3 Å². The number of aromatic nitrogens is 1. The number of rotatable bonds is 8. The van der Waals surface area contributed by atoms with Gasteiger partial charge in [-0.15, -0.1) is 0 Å². The number of benzene rings is 2. The molecule has 1 amide bonds. The molecule has 0 unspecified atom stereocenters. The van der Waals surface area contributed by atoms with Gasteiger partial charge in [-0.25, -0.2) is 14.9 Å². The van der Waals surface area contributed by atoms with E-state index in [-0.39, 0.29) is 6.54 Å². The number of carbonyl (C=O) groups is 1. The van der Waals surface area contributed by atoms with Crippen LogP contribution in [0.2, 0.25) is 0 Å². The second kappa shape index (κ2) is 9.54. The molecule has 34 heavy (non-hydrogen) atoms. The monoisotopic (exact) mass is 466 g/mol. The van der Waals surface area contributed by atoms with Crippen LogP contribution in [0.15, 0.2) is 54.7 Å². The highest BCUT2D eigenvalue weighted by molar-refractivity contribution is 5.94. The van der Waals surface area contributed by atoms with Gasteiger partial charge in [-0.05, 0) is 43.0 Å². The van der Waals surface area contributed by atoms with Gasteiger partial charge in [-0.1, -0.05) is 56.1 Å². The number of nitrogens with two attached hydrogens (primary N) is 1. The SMILES string of the molecule is CC(C)(CN(c1c(C(C)(C)C)cnc2ccc(OCc3ccccc3)cc12)[N+](=O)[O-])OC(N)=O. The zero-order valence-electron chi connectivity index (χ0n) is 20.1. The number of pyridine rings is 1. The number of anilines is 1. The van der Waals surface area contributed by atoms with Crippen molar-refractivity contribution in [3.63, 3.8) is 0 Å². The van der Waals surface area contributed by atoms with Crippen LogP contribution in [0.5, 0.6) is 5.75 Å². The first kappa shape index (κ1) is 24.8. The number of ether oxygens (including phenoxy) is 2. The molecule has 0 aliphatic heterocycles. The fourth-order valence-electron chi connectivity index (χ4n) is 3.70. The van der Waals surface area contributed by atoms with E-state index in [1.807, 2.05) is 51.1 Å². The molecule has 9 nitrogen and oxygen atoms in total. The first-order chi connectivity index (χ1) is 15.9. The quantitative estimate of drug-likeness (QED) is 0.367. The summed E-state index contributed by atoms with van der Waals surface area (Å²) in [7, 11) is 0. The lowest BCUT2D eigenvalue weighted by Gasteiger charge is -2.31. The number of hydrogen-bond acceptors (Lipinski definition) is 6. The first-order valence-electron chi connectivity index (χ1n) is 10.9. The largest absolute Gasteiger partial charge is 0.489 e. The topological polar surface area (TPSA) is 121 Å². The maximum absolute atomic E-state index is 12.3. The Hall–Kier alpha value is -3.88. The number of nitro groups is 1. The van der Waals surface area contributed by atoms with E-state index in [9.17, 15) is 14.9 Å². The standard InChI is InChI=1S/C25H30N4O5/c1-24(2,3)20-14-27-21-12-11-18(33-15-17-9-7-6-8-10-17)13-19(21)22(20)28(29(31)32)16-25(4,5)34-23(26)30/h6-14H,15-16H2,1-5H3,(H2,26,30). The van der Waals surface area contributed by atoms with Crippen LogP contribution in [0.3, 0.4) is 0 Å². The zero-order chi connectivity index (χ0) is 25.1. The average Bonchev–Trinajstić information content (AvgIpc) is 2.74. The molecule has 0 radical (unpaired) electrons. The van der Waals surface area contributed by atoms with Crippen LogP contribution < -0.4 is 15.5 Å². The van der Waals surface area contributed by atoms with Crippen LogP contribution >= 0.6 is 0 Å². The van der Waals surface area contributed by atoms with Gasteiger partial charge in [0.15, 0.2) is 5.03 Å². The van der Waals surface area contributed by atoms with E-state index >= 15 is 0 Å². The minimum atomic E-state index is -1.22. The number of carbonyl (C=O) groups excluding carboxylic acids is 1. The van der Waals surface area contributed by atoms with Gasteiger partial charge in [0.2, 0.25) is 0 Å². The molecule has 9 heteroatoms. The lowest BCUT2D eigenvalue weighted by molar-refractivity contribution is -0.496. The number of amides is 1. The highest BCUT2D eigenvalue weighted by Gasteiger charge is 2.36. The van der Waals surface area contributed by atoms with Gasteiger partial charge in [0.25, 0.3) is 0 Å². The molecular formula is C25H30N4O5. The second-order valence-corrected chi connectivity index (χ2v) is 9.70. The Morgan fingerprint density at radius 2 is 1.79 bits per heavy atom. The van der Waals surface area contributed by atoms with E-state index in [4.69, 9.17) is 15.2 Å². The molecule has 3 rings (SSSR count). The van der Waals surface area contributed by atoms with E-state index in [1.165, 1.54) is 0 Å². The predicted octanol–water partition coefficient (Wildman–Crippen LogP) is 4.98. The van der Waals surface area contributed by atoms with E-state index in [2.05, 4.69) is 4.98 Å². The Bertz CT molecular complexity index is 1190. The van der Waals surface area contributed by atoms with E-state index in [0.29, 0.717) is 34.5 Å². The minimum absolute atomic E-state index is 0.222. The van der Waals surface area contributed by atoms with Crippen LogP contribution in [0, 0.1) is 10.1 Å². The Morgan fingerprint density at radius 3 is 2.38 bits per heavy atom. The first-order valence-corrected chi connectivity index (χ1v) is 10.9. The third-order valence-electron chi connectivity index (χ3n) is 5.23.